The molecule has 0 bridgehead atoms. The van der Waals surface area contributed by atoms with Crippen molar-refractivity contribution in [2.45, 2.75) is 205 Å². The summed E-state index contributed by atoms with van der Waals surface area (Å²) in [6.45, 7) is 12.9. The molecule has 2 heterocycles. The van der Waals surface area contributed by atoms with Gasteiger partial charge in [0.2, 0.25) is 70.9 Å². The van der Waals surface area contributed by atoms with Crippen molar-refractivity contribution in [3.8, 4) is 0 Å². The average molecular weight is 1220 g/mol. The number of likely N-dealkylation sites (tertiary alicyclic amines) is 1. The van der Waals surface area contributed by atoms with Crippen molar-refractivity contribution in [2.75, 3.05) is 26.2 Å². The average Bonchev–Trinajstić information content (AvgIpc) is 3.16. The highest BCUT2D eigenvalue weighted by atomic mass is 16.4. The maximum atomic E-state index is 14.3. The molecule has 0 spiro atoms. The van der Waals surface area contributed by atoms with Gasteiger partial charge in [0.05, 0.1) is 19.0 Å². The maximum absolute atomic E-state index is 14.3. The van der Waals surface area contributed by atoms with Crippen LogP contribution in [0.1, 0.15) is 139 Å². The van der Waals surface area contributed by atoms with Crippen LogP contribution in [0.25, 0.3) is 0 Å². The van der Waals surface area contributed by atoms with Gasteiger partial charge in [0.15, 0.2) is 0 Å². The minimum atomic E-state index is -1.91. The molecule has 86 heavy (non-hydrogen) atoms. The van der Waals surface area contributed by atoms with Crippen molar-refractivity contribution in [2.24, 2.45) is 29.2 Å². The Kier molecular flexibility index (Phi) is 31.6. The molecular formula is C54H90N14O18. The van der Waals surface area contributed by atoms with E-state index >= 15 is 0 Å². The van der Waals surface area contributed by atoms with Crippen LogP contribution in [-0.2, 0) is 71.9 Å². The number of aliphatic carboxylic acids is 3. The molecule has 0 aliphatic carbocycles. The smallest absolute Gasteiger partial charge is 0.326 e. The van der Waals surface area contributed by atoms with Crippen LogP contribution < -0.4 is 70.0 Å². The minimum Gasteiger partial charge on any atom is -0.481 e. The number of carboxylic acids is 3. The van der Waals surface area contributed by atoms with Crippen molar-refractivity contribution in [1.29, 1.82) is 0 Å². The Labute approximate surface area is 498 Å². The lowest BCUT2D eigenvalue weighted by atomic mass is 9.98. The van der Waals surface area contributed by atoms with Gasteiger partial charge in [0, 0.05) is 19.4 Å². The zero-order valence-corrected chi connectivity index (χ0v) is 50.2. The monoisotopic (exact) mass is 1220 g/mol. The molecule has 12 amide bonds. The minimum absolute atomic E-state index is 0.0459. The van der Waals surface area contributed by atoms with Gasteiger partial charge in [-0.2, -0.15) is 0 Å². The topological polar surface area (TPSA) is 504 Å². The van der Waals surface area contributed by atoms with Gasteiger partial charge in [-0.1, -0.05) is 41.5 Å². The molecule has 0 saturated carbocycles. The van der Waals surface area contributed by atoms with Crippen molar-refractivity contribution in [3.63, 3.8) is 0 Å². The van der Waals surface area contributed by atoms with E-state index in [0.29, 0.717) is 25.8 Å². The van der Waals surface area contributed by atoms with Gasteiger partial charge in [-0.15, -0.1) is 0 Å². The van der Waals surface area contributed by atoms with E-state index in [4.69, 9.17) is 16.6 Å². The molecule has 0 unspecified atom stereocenters. The summed E-state index contributed by atoms with van der Waals surface area (Å²) < 4.78 is 0. The number of carbonyl (C=O) groups excluding carboxylic acids is 12. The van der Waals surface area contributed by atoms with Crippen LogP contribution in [0.5, 0.6) is 0 Å². The van der Waals surface area contributed by atoms with Crippen LogP contribution in [0.15, 0.2) is 0 Å². The molecule has 32 heteroatoms. The predicted molar refractivity (Wildman–Crippen MR) is 305 cm³/mol. The second kappa shape index (κ2) is 36.7. The highest BCUT2D eigenvalue weighted by molar-refractivity contribution is 5.99. The van der Waals surface area contributed by atoms with E-state index in [1.165, 1.54) is 18.7 Å². The lowest BCUT2D eigenvalue weighted by Crippen LogP contribution is -2.61. The molecule has 0 aromatic carbocycles. The normalized spacial score (nSPS) is 17.8. The second-order valence-corrected chi connectivity index (χ2v) is 22.6. The number of carboxylic acid groups (broad SMARTS) is 3. The van der Waals surface area contributed by atoms with Crippen molar-refractivity contribution in [3.05, 3.63) is 0 Å². The van der Waals surface area contributed by atoms with Crippen LogP contribution in [0.3, 0.4) is 0 Å². The summed E-state index contributed by atoms with van der Waals surface area (Å²) in [4.78, 5) is 197. The third-order valence-electron chi connectivity index (χ3n) is 14.1. The fourth-order valence-electron chi connectivity index (χ4n) is 9.29. The Morgan fingerprint density at radius 3 is 1.63 bits per heavy atom. The van der Waals surface area contributed by atoms with E-state index in [9.17, 15) is 82.1 Å². The van der Waals surface area contributed by atoms with Gasteiger partial charge in [0.1, 0.15) is 60.4 Å². The van der Waals surface area contributed by atoms with Gasteiger partial charge < -0.3 is 90.2 Å². The van der Waals surface area contributed by atoms with Crippen LogP contribution in [0.2, 0.25) is 0 Å². The number of hydrogen-bond acceptors (Lipinski definition) is 17. The van der Waals surface area contributed by atoms with E-state index < -0.39 is 200 Å². The fourth-order valence-corrected chi connectivity index (χ4v) is 9.29. The molecule has 32 nitrogen and oxygen atoms in total. The van der Waals surface area contributed by atoms with Gasteiger partial charge >= 0.3 is 17.9 Å². The summed E-state index contributed by atoms with van der Waals surface area (Å²) in [5.74, 6) is -15.9. The summed E-state index contributed by atoms with van der Waals surface area (Å²) in [6.07, 6.45) is -0.384. The summed E-state index contributed by atoms with van der Waals surface area (Å²) in [6, 6.07) is -14.2. The fraction of sp³-hybridized carbons (Fsp3) is 0.722. The quantitative estimate of drug-likeness (QED) is 0.0259. The Balaban J connectivity index is 2.22. The molecule has 2 fully saturated rings. The number of primary amides is 1. The SMILES string of the molecule is CC(C)C[C@H](NC(=O)[C@@H]1CCCN1C(=O)[C@@H](NC(=O)CNC(=O)[C@H](CCC(=O)O)NC(=O)[C@H](C)NC(=O)[C@H](C)NC(=O)[C@@H]1CCCN1)C(C)C)C(=O)N[C@H](C(=O)N[C@@H](CCCCN)C(=O)N[C@@H](CCC(N)=O)C(=O)N[C@@H](CC(=O)O)C(=O)O)C(C)C. The third-order valence-corrected chi connectivity index (χ3v) is 14.1. The summed E-state index contributed by atoms with van der Waals surface area (Å²) in [5, 5.41) is 55.7. The maximum Gasteiger partial charge on any atom is 0.326 e. The number of nitrogens with one attached hydrogen (secondary N) is 11. The molecule has 0 radical (unpaired) electrons. The largest absolute Gasteiger partial charge is 0.481 e. The number of nitrogens with zero attached hydrogens (tertiary/aromatic N) is 1. The number of carbonyl (C=O) groups is 15. The van der Waals surface area contributed by atoms with E-state index in [-0.39, 0.29) is 50.6 Å². The summed E-state index contributed by atoms with van der Waals surface area (Å²) >= 11 is 0. The molecule has 2 aliphatic rings. The lowest BCUT2D eigenvalue weighted by molar-refractivity contribution is -0.147. The summed E-state index contributed by atoms with van der Waals surface area (Å²) in [7, 11) is 0. The van der Waals surface area contributed by atoms with Gasteiger partial charge in [-0.05, 0) is 109 Å². The van der Waals surface area contributed by atoms with Crippen LogP contribution in [-0.4, -0.2) is 202 Å². The molecule has 2 saturated heterocycles. The first kappa shape index (κ1) is 74.1. The zero-order valence-electron chi connectivity index (χ0n) is 50.2. The first-order valence-electron chi connectivity index (χ1n) is 29.0. The lowest BCUT2D eigenvalue weighted by Gasteiger charge is -2.32. The molecule has 11 atom stereocenters. The first-order chi connectivity index (χ1) is 40.3. The Morgan fingerprint density at radius 2 is 1.08 bits per heavy atom. The number of unbranched alkanes of at least 4 members (excludes halogenated alkanes) is 1. The zero-order chi connectivity index (χ0) is 65.1. The van der Waals surface area contributed by atoms with E-state index in [0.717, 1.165) is 6.42 Å². The number of amides is 12. The molecule has 484 valence electrons. The molecule has 18 N–H and O–H groups in total. The van der Waals surface area contributed by atoms with E-state index in [1.54, 1.807) is 41.5 Å². The van der Waals surface area contributed by atoms with E-state index in [1.807, 2.05) is 5.32 Å². The van der Waals surface area contributed by atoms with Crippen LogP contribution in [0.4, 0.5) is 0 Å². The van der Waals surface area contributed by atoms with Crippen LogP contribution in [0, 0.1) is 17.8 Å². The summed E-state index contributed by atoms with van der Waals surface area (Å²) in [5.41, 5.74) is 11.0. The van der Waals surface area contributed by atoms with Crippen molar-refractivity contribution >= 4 is 88.8 Å². The van der Waals surface area contributed by atoms with Gasteiger partial charge in [-0.25, -0.2) is 4.79 Å². The van der Waals surface area contributed by atoms with Crippen molar-refractivity contribution in [1.82, 2.24) is 63.4 Å². The second-order valence-electron chi connectivity index (χ2n) is 22.6. The Bertz CT molecular complexity index is 2440. The molecule has 2 aliphatic heterocycles. The molecule has 0 aromatic heterocycles. The van der Waals surface area contributed by atoms with Gasteiger partial charge in [-0.3, -0.25) is 67.1 Å². The molecule has 2 rings (SSSR count). The van der Waals surface area contributed by atoms with E-state index in [2.05, 4.69) is 53.2 Å². The van der Waals surface area contributed by atoms with Crippen LogP contribution >= 0.6 is 0 Å². The Hall–Kier alpha value is -8.03. The number of rotatable bonds is 38. The predicted octanol–water partition coefficient (Wildman–Crippen LogP) is -4.57. The van der Waals surface area contributed by atoms with Gasteiger partial charge in [0.25, 0.3) is 0 Å². The molecular weight excluding hydrogens is 1130 g/mol. The number of nitrogens with two attached hydrogens (primary N) is 2. The number of hydrogen-bond donors (Lipinski definition) is 16. The highest BCUT2D eigenvalue weighted by Crippen LogP contribution is 2.22. The standard InChI is InChI=1S/C54H90N14O18/c1-26(2)23-35(50(81)67-42(27(3)4)52(83)63-32(13-9-10-20-55)48(79)62-34(16-18-38(56)69)49(80)65-36(54(85)86)24-41(73)74)64-51(82)37-15-12-22-68(37)53(84)43(28(5)6)66-39(70)25-58-46(77)33(17-19-40(71)72)61-45(76)30(8)59-44(75)29(7)60-47(78)31-14-11-21-57-31/h26-37,42-43,57H,9-25,55H2,1-8H3,(H2,56,69)(H,58,77)(H,59,75)(H,60,78)(H,61,76)(H,62,79)(H,63,83)(H,64,82)(H,65,80)(H,66,70)(H,67,81)(H,71,72)(H,73,74)(H,85,86)/t29-,30-,31-,32-,33-,34-,35-,36-,37-,42-,43-/m0/s1. The third kappa shape index (κ3) is 25.7. The Morgan fingerprint density at radius 1 is 0.535 bits per heavy atom. The van der Waals surface area contributed by atoms with Crippen molar-refractivity contribution < 1.29 is 87.2 Å². The highest BCUT2D eigenvalue weighted by Gasteiger charge is 2.41. The molecule has 0 aromatic rings. The first-order valence-corrected chi connectivity index (χ1v) is 29.0.